The van der Waals surface area contributed by atoms with Crippen molar-refractivity contribution in [3.8, 4) is 17.2 Å². The first-order chi connectivity index (χ1) is 19.1. The van der Waals surface area contributed by atoms with E-state index in [1.807, 2.05) is 36.4 Å². The molecule has 0 fully saturated rings. The second-order valence-corrected chi connectivity index (χ2v) is 9.12. The fraction of sp³-hybridized carbons (Fsp3) is 0.118. The van der Waals surface area contributed by atoms with Gasteiger partial charge in [0, 0.05) is 34.1 Å². The normalized spacial score (nSPS) is 10.6. The van der Waals surface area contributed by atoms with E-state index >= 15 is 0 Å². The Labute approximate surface area is 230 Å². The monoisotopic (exact) mass is 516 g/mol. The molecule has 0 amide bonds. The zero-order valence-corrected chi connectivity index (χ0v) is 22.7. The van der Waals surface area contributed by atoms with Crippen molar-refractivity contribution >= 4 is 34.1 Å². The van der Waals surface area contributed by atoms with Gasteiger partial charge < -0.3 is 24.0 Å². The summed E-state index contributed by atoms with van der Waals surface area (Å²) in [6, 6.07) is 41.4. The lowest BCUT2D eigenvalue weighted by Gasteiger charge is -2.28. The molecular formula is C34H32N2O3. The Hall–Kier alpha value is -4.90. The highest BCUT2D eigenvalue weighted by Gasteiger charge is 2.16. The fourth-order valence-electron chi connectivity index (χ4n) is 4.53. The van der Waals surface area contributed by atoms with Gasteiger partial charge in [-0.25, -0.2) is 0 Å². The molecule has 5 aromatic rings. The average molecular weight is 517 g/mol. The van der Waals surface area contributed by atoms with Crippen molar-refractivity contribution in [1.82, 2.24) is 0 Å². The SMILES string of the molecule is COc1ccc(N(c2ccc(C)cc2)c2ccc(N(c3ccc(OC)cc3)c3ccc(OC)cc3)cc2)cc1. The van der Waals surface area contributed by atoms with Gasteiger partial charge in [-0.05, 0) is 116 Å². The summed E-state index contributed by atoms with van der Waals surface area (Å²) >= 11 is 0. The molecule has 0 radical (unpaired) electrons. The number of aryl methyl sites for hydroxylation is 1. The van der Waals surface area contributed by atoms with E-state index in [-0.39, 0.29) is 0 Å². The highest BCUT2D eigenvalue weighted by molar-refractivity contribution is 5.81. The van der Waals surface area contributed by atoms with E-state index in [1.165, 1.54) is 5.56 Å². The standard InChI is InChI=1S/C34H32N2O3/c1-25-5-7-26(8-6-25)35(29-13-19-32(37-2)20-14-29)27-9-11-28(12-10-27)36(30-15-21-33(38-3)22-16-30)31-17-23-34(39-4)24-18-31/h5-24H,1-4H3. The molecule has 0 saturated heterocycles. The number of anilines is 6. The van der Waals surface area contributed by atoms with Crippen molar-refractivity contribution in [2.45, 2.75) is 6.92 Å². The molecule has 0 unspecified atom stereocenters. The molecule has 0 aromatic heterocycles. The van der Waals surface area contributed by atoms with Gasteiger partial charge in [-0.2, -0.15) is 0 Å². The van der Waals surface area contributed by atoms with Crippen LogP contribution in [-0.4, -0.2) is 21.3 Å². The van der Waals surface area contributed by atoms with E-state index in [4.69, 9.17) is 14.2 Å². The van der Waals surface area contributed by atoms with Crippen LogP contribution in [0.15, 0.2) is 121 Å². The maximum absolute atomic E-state index is 5.39. The Morgan fingerprint density at radius 2 is 0.538 bits per heavy atom. The number of ether oxygens (including phenoxy) is 3. The van der Waals surface area contributed by atoms with Crippen molar-refractivity contribution in [2.75, 3.05) is 31.1 Å². The molecule has 0 saturated carbocycles. The quantitative estimate of drug-likeness (QED) is 0.195. The van der Waals surface area contributed by atoms with Crippen LogP contribution >= 0.6 is 0 Å². The number of methoxy groups -OCH3 is 3. The van der Waals surface area contributed by atoms with Gasteiger partial charge in [0.15, 0.2) is 0 Å². The van der Waals surface area contributed by atoms with Crippen LogP contribution in [0.5, 0.6) is 17.2 Å². The first-order valence-corrected chi connectivity index (χ1v) is 12.8. The van der Waals surface area contributed by atoms with Crippen LogP contribution in [0.2, 0.25) is 0 Å². The van der Waals surface area contributed by atoms with E-state index in [2.05, 4.69) is 102 Å². The topological polar surface area (TPSA) is 34.2 Å². The molecule has 196 valence electrons. The van der Waals surface area contributed by atoms with Crippen molar-refractivity contribution in [3.63, 3.8) is 0 Å². The number of nitrogens with zero attached hydrogens (tertiary/aromatic N) is 2. The molecule has 0 aliphatic carbocycles. The lowest BCUT2D eigenvalue weighted by molar-refractivity contribution is 0.414. The minimum atomic E-state index is 0.817. The second kappa shape index (κ2) is 11.7. The van der Waals surface area contributed by atoms with Crippen LogP contribution in [0.25, 0.3) is 0 Å². The highest BCUT2D eigenvalue weighted by Crippen LogP contribution is 2.40. The Morgan fingerprint density at radius 3 is 0.769 bits per heavy atom. The average Bonchev–Trinajstić information content (AvgIpc) is 3.00. The Bertz CT molecular complexity index is 1430. The minimum Gasteiger partial charge on any atom is -0.497 e. The maximum Gasteiger partial charge on any atom is 0.119 e. The third-order valence-electron chi connectivity index (χ3n) is 6.65. The van der Waals surface area contributed by atoms with Crippen LogP contribution in [0, 0.1) is 6.92 Å². The summed E-state index contributed by atoms with van der Waals surface area (Å²) in [5.41, 5.74) is 7.50. The van der Waals surface area contributed by atoms with Crippen molar-refractivity contribution in [3.05, 3.63) is 127 Å². The van der Waals surface area contributed by atoms with Gasteiger partial charge in [0.2, 0.25) is 0 Å². The summed E-state index contributed by atoms with van der Waals surface area (Å²) < 4.78 is 16.2. The largest absolute Gasteiger partial charge is 0.497 e. The van der Waals surface area contributed by atoms with Crippen molar-refractivity contribution in [2.24, 2.45) is 0 Å². The van der Waals surface area contributed by atoms with E-state index in [1.54, 1.807) is 21.3 Å². The summed E-state index contributed by atoms with van der Waals surface area (Å²) in [7, 11) is 5.04. The molecule has 5 aromatic carbocycles. The molecule has 5 heteroatoms. The first-order valence-electron chi connectivity index (χ1n) is 12.8. The van der Waals surface area contributed by atoms with Gasteiger partial charge in [-0.15, -0.1) is 0 Å². The van der Waals surface area contributed by atoms with Crippen LogP contribution < -0.4 is 24.0 Å². The molecule has 0 aliphatic rings. The second-order valence-electron chi connectivity index (χ2n) is 9.12. The van der Waals surface area contributed by atoms with Crippen molar-refractivity contribution in [1.29, 1.82) is 0 Å². The molecule has 5 nitrogen and oxygen atoms in total. The minimum absolute atomic E-state index is 0.817. The van der Waals surface area contributed by atoms with Crippen LogP contribution in [0.3, 0.4) is 0 Å². The van der Waals surface area contributed by atoms with E-state index in [0.29, 0.717) is 0 Å². The number of benzene rings is 5. The van der Waals surface area contributed by atoms with Gasteiger partial charge >= 0.3 is 0 Å². The Morgan fingerprint density at radius 1 is 0.333 bits per heavy atom. The summed E-state index contributed by atoms with van der Waals surface area (Å²) in [6.45, 7) is 2.10. The van der Waals surface area contributed by atoms with Gasteiger partial charge in [0.1, 0.15) is 17.2 Å². The predicted octanol–water partition coefficient (Wildman–Crippen LogP) is 8.96. The highest BCUT2D eigenvalue weighted by atomic mass is 16.5. The third kappa shape index (κ3) is 5.68. The maximum atomic E-state index is 5.39. The van der Waals surface area contributed by atoms with E-state index < -0.39 is 0 Å². The first kappa shape index (κ1) is 25.7. The molecule has 0 heterocycles. The molecule has 0 N–H and O–H groups in total. The lowest BCUT2D eigenvalue weighted by Crippen LogP contribution is -2.12. The van der Waals surface area contributed by atoms with Crippen LogP contribution in [0.1, 0.15) is 5.56 Å². The number of rotatable bonds is 9. The fourth-order valence-corrected chi connectivity index (χ4v) is 4.53. The molecule has 0 bridgehead atoms. The van der Waals surface area contributed by atoms with Crippen molar-refractivity contribution < 1.29 is 14.2 Å². The zero-order valence-electron chi connectivity index (χ0n) is 22.7. The zero-order chi connectivity index (χ0) is 27.2. The molecule has 0 aliphatic heterocycles. The van der Waals surface area contributed by atoms with E-state index in [0.717, 1.165) is 51.4 Å². The Kier molecular flexibility index (Phi) is 7.69. The predicted molar refractivity (Wildman–Crippen MR) is 160 cm³/mol. The van der Waals surface area contributed by atoms with Gasteiger partial charge in [-0.3, -0.25) is 0 Å². The smallest absolute Gasteiger partial charge is 0.119 e. The summed E-state index contributed by atoms with van der Waals surface area (Å²) in [6.07, 6.45) is 0. The summed E-state index contributed by atoms with van der Waals surface area (Å²) in [4.78, 5) is 4.46. The third-order valence-corrected chi connectivity index (χ3v) is 6.65. The molecule has 0 spiro atoms. The van der Waals surface area contributed by atoms with Gasteiger partial charge in [-0.1, -0.05) is 17.7 Å². The van der Waals surface area contributed by atoms with Gasteiger partial charge in [0.05, 0.1) is 21.3 Å². The molecule has 39 heavy (non-hydrogen) atoms. The Balaban J connectivity index is 1.56. The van der Waals surface area contributed by atoms with Crippen LogP contribution in [0.4, 0.5) is 34.1 Å². The van der Waals surface area contributed by atoms with E-state index in [9.17, 15) is 0 Å². The number of hydrogen-bond donors (Lipinski definition) is 0. The summed E-state index contributed by atoms with van der Waals surface area (Å²) in [5.74, 6) is 2.46. The van der Waals surface area contributed by atoms with Crippen LogP contribution in [-0.2, 0) is 0 Å². The molecular weight excluding hydrogens is 484 g/mol. The summed E-state index contributed by atoms with van der Waals surface area (Å²) in [5, 5.41) is 0. The van der Waals surface area contributed by atoms with Gasteiger partial charge in [0.25, 0.3) is 0 Å². The number of hydrogen-bond acceptors (Lipinski definition) is 5. The lowest BCUT2D eigenvalue weighted by atomic mass is 10.1. The molecule has 0 atom stereocenters. The molecule has 5 rings (SSSR count).